The van der Waals surface area contributed by atoms with Gasteiger partial charge in [0.2, 0.25) is 11.8 Å². The van der Waals surface area contributed by atoms with E-state index in [0.717, 1.165) is 0 Å². The van der Waals surface area contributed by atoms with Crippen molar-refractivity contribution in [3.8, 4) is 29.3 Å². The first-order valence-corrected chi connectivity index (χ1v) is 8.63. The second-order valence-corrected chi connectivity index (χ2v) is 6.22. The number of hydrogen-bond acceptors (Lipinski definition) is 6. The Morgan fingerprint density at radius 1 is 1.21 bits per heavy atom. The van der Waals surface area contributed by atoms with Crippen molar-refractivity contribution in [3.05, 3.63) is 75.5 Å². The highest BCUT2D eigenvalue weighted by Crippen LogP contribution is 2.27. The number of hydrogen-bond donors (Lipinski definition) is 0. The van der Waals surface area contributed by atoms with Crippen LogP contribution < -0.4 is 19.9 Å². The molecular formula is C21H18FN3O4. The van der Waals surface area contributed by atoms with Gasteiger partial charge in [0.25, 0.3) is 0 Å². The topological polar surface area (TPSA) is 86.4 Å². The summed E-state index contributed by atoms with van der Waals surface area (Å²) in [4.78, 5) is 15.6. The van der Waals surface area contributed by atoms with Crippen molar-refractivity contribution < 1.29 is 18.6 Å². The Morgan fingerprint density at radius 3 is 2.69 bits per heavy atom. The van der Waals surface area contributed by atoms with Gasteiger partial charge in [-0.15, -0.1) is 0 Å². The molecule has 7 nitrogen and oxygen atoms in total. The van der Waals surface area contributed by atoms with Crippen molar-refractivity contribution in [2.24, 2.45) is 7.05 Å². The van der Waals surface area contributed by atoms with Crippen LogP contribution in [0.2, 0.25) is 0 Å². The fourth-order valence-corrected chi connectivity index (χ4v) is 2.58. The molecule has 0 amide bonds. The minimum absolute atomic E-state index is 0.0912. The zero-order valence-corrected chi connectivity index (χ0v) is 16.1. The number of benzene rings is 2. The van der Waals surface area contributed by atoms with E-state index in [-0.39, 0.29) is 18.3 Å². The quantitative estimate of drug-likeness (QED) is 0.635. The van der Waals surface area contributed by atoms with Gasteiger partial charge < -0.3 is 14.2 Å². The molecule has 3 rings (SSSR count). The zero-order chi connectivity index (χ0) is 21.0. The molecule has 0 fully saturated rings. The molecule has 8 heteroatoms. The maximum atomic E-state index is 13.4. The Hall–Kier alpha value is -3.86. The van der Waals surface area contributed by atoms with Gasteiger partial charge >= 0.3 is 5.69 Å². The highest BCUT2D eigenvalue weighted by Gasteiger charge is 2.10. The van der Waals surface area contributed by atoms with Gasteiger partial charge in [-0.05, 0) is 48.4 Å². The first-order valence-electron chi connectivity index (χ1n) is 8.63. The molecule has 0 N–H and O–H groups in total. The molecule has 0 saturated carbocycles. The van der Waals surface area contributed by atoms with Crippen molar-refractivity contribution >= 4 is 0 Å². The van der Waals surface area contributed by atoms with Crippen LogP contribution in [-0.4, -0.2) is 16.7 Å². The fourth-order valence-electron chi connectivity index (χ4n) is 2.58. The van der Waals surface area contributed by atoms with Crippen molar-refractivity contribution in [1.29, 1.82) is 5.26 Å². The molecule has 0 unspecified atom stereocenters. The van der Waals surface area contributed by atoms with Crippen LogP contribution in [-0.2, 0) is 13.7 Å². The molecule has 0 atom stereocenters. The van der Waals surface area contributed by atoms with Crippen molar-refractivity contribution in [2.75, 3.05) is 7.11 Å². The normalized spacial score (nSPS) is 10.3. The summed E-state index contributed by atoms with van der Waals surface area (Å²) in [6, 6.07) is 12.9. The molecule has 2 aromatic carbocycles. The van der Waals surface area contributed by atoms with Crippen LogP contribution >= 0.6 is 0 Å². The number of nitriles is 1. The van der Waals surface area contributed by atoms with E-state index in [2.05, 4.69) is 11.1 Å². The number of halogens is 1. The molecule has 0 saturated heterocycles. The van der Waals surface area contributed by atoms with E-state index >= 15 is 0 Å². The van der Waals surface area contributed by atoms with E-state index in [1.54, 1.807) is 38.2 Å². The minimum atomic E-state index is -0.504. The van der Waals surface area contributed by atoms with Gasteiger partial charge in [-0.25, -0.2) is 9.18 Å². The molecule has 1 aromatic heterocycles. The highest BCUT2D eigenvalue weighted by atomic mass is 19.1. The predicted octanol–water partition coefficient (Wildman–Crippen LogP) is 3.48. The lowest BCUT2D eigenvalue weighted by Crippen LogP contribution is -2.21. The highest BCUT2D eigenvalue weighted by molar-refractivity contribution is 5.47. The predicted molar refractivity (Wildman–Crippen MR) is 103 cm³/mol. The van der Waals surface area contributed by atoms with E-state index in [1.807, 2.05) is 0 Å². The molecule has 0 aliphatic rings. The molecule has 0 spiro atoms. The molecule has 3 aromatic rings. The van der Waals surface area contributed by atoms with E-state index < -0.39 is 5.69 Å². The lowest BCUT2D eigenvalue weighted by Gasteiger charge is -2.11. The third-order valence-corrected chi connectivity index (χ3v) is 4.19. The van der Waals surface area contributed by atoms with Crippen LogP contribution in [0.25, 0.3) is 0 Å². The van der Waals surface area contributed by atoms with Gasteiger partial charge in [0.05, 0.1) is 18.7 Å². The first kappa shape index (κ1) is 19.9. The third-order valence-electron chi connectivity index (χ3n) is 4.19. The monoisotopic (exact) mass is 395 g/mol. The van der Waals surface area contributed by atoms with Crippen molar-refractivity contribution in [2.45, 2.75) is 13.5 Å². The van der Waals surface area contributed by atoms with Gasteiger partial charge in [-0.1, -0.05) is 6.07 Å². The number of aromatic nitrogens is 2. The average Bonchev–Trinajstić information content (AvgIpc) is 2.72. The maximum absolute atomic E-state index is 13.4. The summed E-state index contributed by atoms with van der Waals surface area (Å²) in [5.74, 6) is 0.879. The Labute approximate surface area is 166 Å². The van der Waals surface area contributed by atoms with Gasteiger partial charge in [0.15, 0.2) is 0 Å². The lowest BCUT2D eigenvalue weighted by molar-refractivity contribution is 0.284. The van der Waals surface area contributed by atoms with Crippen LogP contribution in [0.3, 0.4) is 0 Å². The van der Waals surface area contributed by atoms with Crippen LogP contribution in [0.1, 0.15) is 16.7 Å². The Balaban J connectivity index is 1.77. The first-order chi connectivity index (χ1) is 13.9. The minimum Gasteiger partial charge on any atom is -0.482 e. The maximum Gasteiger partial charge on any atom is 0.353 e. The molecule has 0 aliphatic carbocycles. The summed E-state index contributed by atoms with van der Waals surface area (Å²) in [7, 11) is 2.98. The van der Waals surface area contributed by atoms with Crippen LogP contribution in [0, 0.1) is 24.1 Å². The molecule has 0 bridgehead atoms. The van der Waals surface area contributed by atoms with Crippen LogP contribution in [0.5, 0.6) is 23.3 Å². The third kappa shape index (κ3) is 4.52. The average molecular weight is 395 g/mol. The van der Waals surface area contributed by atoms with Gasteiger partial charge in [-0.3, -0.25) is 4.57 Å². The van der Waals surface area contributed by atoms with Crippen LogP contribution in [0.4, 0.5) is 4.39 Å². The molecule has 0 aliphatic heterocycles. The largest absolute Gasteiger partial charge is 0.482 e. The van der Waals surface area contributed by atoms with E-state index in [0.29, 0.717) is 34.1 Å². The lowest BCUT2D eigenvalue weighted by atomic mass is 10.1. The Kier molecular flexibility index (Phi) is 5.79. The summed E-state index contributed by atoms with van der Waals surface area (Å²) in [6.07, 6.45) is 0. The summed E-state index contributed by atoms with van der Waals surface area (Å²) < 4.78 is 31.0. The summed E-state index contributed by atoms with van der Waals surface area (Å²) in [6.45, 7) is 1.72. The summed E-state index contributed by atoms with van der Waals surface area (Å²) in [5, 5.41) is 9.44. The fraction of sp³-hybridized carbons (Fsp3) is 0.190. The molecule has 0 radical (unpaired) electrons. The molecule has 29 heavy (non-hydrogen) atoms. The number of aryl methyl sites for hydroxylation is 1. The van der Waals surface area contributed by atoms with E-state index in [1.165, 1.54) is 29.9 Å². The SMILES string of the molecule is COc1cc(OCc2ccc(Oc3ccc(F)c(C)c3)c(C#N)c2)nc(=O)n1C. The standard InChI is InChI=1S/C21H18FN3O4/c1-13-8-16(5-6-17(13)22)29-18-7-4-14(9-15(18)11-23)12-28-19-10-20(27-3)25(2)21(26)24-19/h4-10H,12H2,1-3H3. The zero-order valence-electron chi connectivity index (χ0n) is 16.1. The smallest absolute Gasteiger partial charge is 0.353 e. The number of rotatable bonds is 6. The molecule has 1 heterocycles. The summed E-state index contributed by atoms with van der Waals surface area (Å²) >= 11 is 0. The van der Waals surface area contributed by atoms with Gasteiger partial charge in [0, 0.05) is 7.05 Å². The Morgan fingerprint density at radius 2 is 2.00 bits per heavy atom. The van der Waals surface area contributed by atoms with Gasteiger partial charge in [0.1, 0.15) is 30.0 Å². The van der Waals surface area contributed by atoms with Gasteiger partial charge in [-0.2, -0.15) is 10.2 Å². The number of ether oxygens (including phenoxy) is 3. The number of methoxy groups -OCH3 is 1. The second kappa shape index (κ2) is 8.44. The molecular weight excluding hydrogens is 377 g/mol. The van der Waals surface area contributed by atoms with Crippen molar-refractivity contribution in [3.63, 3.8) is 0 Å². The Bertz CT molecular complexity index is 1150. The second-order valence-electron chi connectivity index (χ2n) is 6.22. The van der Waals surface area contributed by atoms with E-state index in [9.17, 15) is 14.4 Å². The van der Waals surface area contributed by atoms with E-state index in [4.69, 9.17) is 14.2 Å². The number of nitrogens with zero attached hydrogens (tertiary/aromatic N) is 3. The van der Waals surface area contributed by atoms with Crippen molar-refractivity contribution in [1.82, 2.24) is 9.55 Å². The summed E-state index contributed by atoms with van der Waals surface area (Å²) in [5.41, 5.74) is 0.923. The van der Waals surface area contributed by atoms with Crippen LogP contribution in [0.15, 0.2) is 47.3 Å². The molecule has 148 valence electrons.